The number of hydrogen-bond donors (Lipinski definition) is 5. The summed E-state index contributed by atoms with van der Waals surface area (Å²) in [6, 6.07) is 16.3. The minimum atomic E-state index is -1.05. The fraction of sp³-hybridized carbons (Fsp3) is 0.316. The molecule has 7 amide bonds. The number of nitrogens with one attached hydrogen (secondary N) is 4. The number of primary amides is 1. The molecule has 0 saturated heterocycles. The fourth-order valence-corrected chi connectivity index (χ4v) is 7.99. The molecule has 0 radical (unpaired) electrons. The van der Waals surface area contributed by atoms with Crippen LogP contribution < -0.4 is 36.6 Å². The average molecular weight is 1070 g/mol. The summed E-state index contributed by atoms with van der Waals surface area (Å²) >= 11 is 0. The molecule has 0 spiro atoms. The number of ether oxygens (including phenoxy) is 3. The maximum atomic E-state index is 15.8. The van der Waals surface area contributed by atoms with Crippen molar-refractivity contribution < 1.29 is 51.8 Å². The number of imide groups is 1. The lowest BCUT2D eigenvalue weighted by Gasteiger charge is -2.27. The predicted molar refractivity (Wildman–Crippen MR) is 292 cm³/mol. The van der Waals surface area contributed by atoms with E-state index in [9.17, 15) is 33.2 Å². The van der Waals surface area contributed by atoms with Gasteiger partial charge in [0.15, 0.2) is 0 Å². The highest BCUT2D eigenvalue weighted by Gasteiger charge is 2.29. The molecule has 0 bridgehead atoms. The molecule has 1 unspecified atom stereocenters. The molecule has 0 aliphatic rings. The van der Waals surface area contributed by atoms with Crippen LogP contribution in [0.1, 0.15) is 75.1 Å². The number of urea groups is 1. The number of carbonyl (C=O) groups is 6. The van der Waals surface area contributed by atoms with Gasteiger partial charge in [-0.2, -0.15) is 10.2 Å². The van der Waals surface area contributed by atoms with Crippen LogP contribution in [0.4, 0.5) is 35.4 Å². The van der Waals surface area contributed by atoms with Gasteiger partial charge in [-0.25, -0.2) is 28.3 Å². The monoisotopic (exact) mass is 1070 g/mol. The normalized spacial score (nSPS) is 11.9. The third-order valence-corrected chi connectivity index (χ3v) is 12.1. The Balaban J connectivity index is 1.30. The van der Waals surface area contributed by atoms with Gasteiger partial charge in [-0.1, -0.05) is 70.3 Å². The first-order valence-electron chi connectivity index (χ1n) is 25.2. The van der Waals surface area contributed by atoms with Crippen LogP contribution in [0.5, 0.6) is 5.88 Å². The van der Waals surface area contributed by atoms with E-state index < -0.39 is 47.7 Å². The van der Waals surface area contributed by atoms with Gasteiger partial charge in [-0.15, -0.1) is 0 Å². The Kier molecular flexibility index (Phi) is 23.1. The molecular formula is C57H66F2N10O9. The van der Waals surface area contributed by atoms with Crippen molar-refractivity contribution in [1.82, 2.24) is 36.0 Å². The molecule has 78 heavy (non-hydrogen) atoms. The Morgan fingerprint density at radius 2 is 1.67 bits per heavy atom. The van der Waals surface area contributed by atoms with Crippen molar-refractivity contribution in [3.63, 3.8) is 0 Å². The summed E-state index contributed by atoms with van der Waals surface area (Å²) in [5.41, 5.74) is 11.0. The molecule has 0 fully saturated rings. The van der Waals surface area contributed by atoms with Gasteiger partial charge in [-0.05, 0) is 102 Å². The highest BCUT2D eigenvalue weighted by atomic mass is 19.1. The Morgan fingerprint density at radius 1 is 0.897 bits per heavy atom. The number of halogens is 2. The standard InChI is InChI=1S/C57H66F2N10O9/c1-8-11-45(41-22-25-63-64-33-41)46-29-40(17-14-37(46)5)42-30-50(55(76-7)62-32-42)69(49-21-18-43(58)31-47(49)59)57(75)78-34-39-15-19-44(20-16-39)65-38(6)48(13-10-24-61-56(60)74)66-54(73)53(36(3)4)67-51(71)23-27-77-28-26-68(35-70)52(72)12-9-2/h8,11,14-22,25,29-33,35-36,48,53,65H,1,6,9-10,12-13,23-24,26-28,34H2,2-5,7H3,(H,66,73)(H,67,71)(H3,60,61,74)/b45-11-/t48-,53?/m0/s1. The predicted octanol–water partition coefficient (Wildman–Crippen LogP) is 8.42. The minimum absolute atomic E-state index is 0.00282. The van der Waals surface area contributed by atoms with Crippen LogP contribution in [-0.4, -0.2) is 102 Å². The number of amides is 7. The van der Waals surface area contributed by atoms with Crippen LogP contribution in [0.25, 0.3) is 16.7 Å². The molecule has 19 nitrogen and oxygen atoms in total. The van der Waals surface area contributed by atoms with Crippen molar-refractivity contribution in [2.45, 2.75) is 78.5 Å². The Bertz CT molecular complexity index is 2940. The van der Waals surface area contributed by atoms with Crippen LogP contribution >= 0.6 is 0 Å². The minimum Gasteiger partial charge on any atom is -0.479 e. The number of nitrogens with two attached hydrogens (primary N) is 1. The molecule has 0 aliphatic carbocycles. The number of anilines is 3. The van der Waals surface area contributed by atoms with Gasteiger partial charge in [-0.3, -0.25) is 24.1 Å². The molecule has 2 heterocycles. The number of rotatable bonds is 29. The van der Waals surface area contributed by atoms with Gasteiger partial charge in [0.1, 0.15) is 30.0 Å². The van der Waals surface area contributed by atoms with Gasteiger partial charge < -0.3 is 41.2 Å². The quantitative estimate of drug-likeness (QED) is 0.0172. The number of methoxy groups -OCH3 is 1. The number of allylic oxidation sites excluding steroid dienone is 2. The number of carbonyl (C=O) groups excluding carboxylic acids is 6. The lowest BCUT2D eigenvalue weighted by molar-refractivity contribution is -0.139. The van der Waals surface area contributed by atoms with Gasteiger partial charge in [0.05, 0.1) is 51.0 Å². The number of aromatic nitrogens is 3. The number of pyridine rings is 1. The van der Waals surface area contributed by atoms with Crippen LogP contribution in [-0.2, 0) is 35.3 Å². The van der Waals surface area contributed by atoms with Crippen LogP contribution in [0.3, 0.4) is 0 Å². The van der Waals surface area contributed by atoms with Gasteiger partial charge in [0, 0.05) is 54.2 Å². The molecular weight excluding hydrogens is 1010 g/mol. The Hall–Kier alpha value is -8.85. The zero-order valence-electron chi connectivity index (χ0n) is 44.4. The first kappa shape index (κ1) is 60.0. The summed E-state index contributed by atoms with van der Waals surface area (Å²) in [7, 11) is 1.34. The summed E-state index contributed by atoms with van der Waals surface area (Å²) in [6.45, 7) is 15.4. The number of hydrogen-bond acceptors (Lipinski definition) is 13. The number of benzene rings is 3. The summed E-state index contributed by atoms with van der Waals surface area (Å²) in [5, 5.41) is 19.4. The number of nitrogens with zero attached hydrogens (tertiary/aromatic N) is 5. The van der Waals surface area contributed by atoms with Crippen molar-refractivity contribution in [2.75, 3.05) is 43.6 Å². The molecule has 2 atom stereocenters. The van der Waals surface area contributed by atoms with E-state index in [1.165, 1.54) is 7.11 Å². The van der Waals surface area contributed by atoms with E-state index in [0.717, 1.165) is 44.2 Å². The lowest BCUT2D eigenvalue weighted by atomic mass is 9.92. The van der Waals surface area contributed by atoms with Crippen LogP contribution in [0.2, 0.25) is 0 Å². The van der Waals surface area contributed by atoms with Crippen molar-refractivity contribution >= 4 is 58.9 Å². The molecule has 412 valence electrons. The van der Waals surface area contributed by atoms with Crippen molar-refractivity contribution in [2.24, 2.45) is 11.7 Å². The molecule has 2 aromatic heterocycles. The Labute approximate surface area is 452 Å². The first-order chi connectivity index (χ1) is 37.5. The van der Waals surface area contributed by atoms with Gasteiger partial charge in [0.25, 0.3) is 0 Å². The Morgan fingerprint density at radius 3 is 2.32 bits per heavy atom. The lowest BCUT2D eigenvalue weighted by Crippen LogP contribution is -2.53. The SMILES string of the molecule is C=C/C=C(/c1ccnnc1)c1cc(-c2cnc(OC)c(N(C(=O)OCc3ccc(NC(=C)[C@H](CCCNC(N)=O)NC(=O)C(NC(=O)CCOCCN(C=O)C(=O)CCC)C(C)C)cc3)c3ccc(F)cc3F)c2)ccc1C. The molecule has 3 aromatic carbocycles. The molecule has 21 heteroatoms. The zero-order chi connectivity index (χ0) is 56.7. The molecule has 6 N–H and O–H groups in total. The van der Waals surface area contributed by atoms with E-state index in [4.69, 9.17) is 19.9 Å². The fourth-order valence-electron chi connectivity index (χ4n) is 7.99. The van der Waals surface area contributed by atoms with Crippen LogP contribution in [0, 0.1) is 24.5 Å². The van der Waals surface area contributed by atoms with Crippen molar-refractivity contribution in [3.8, 4) is 17.0 Å². The van der Waals surface area contributed by atoms with Gasteiger partial charge in [0.2, 0.25) is 30.0 Å². The highest BCUT2D eigenvalue weighted by molar-refractivity contribution is 5.98. The summed E-state index contributed by atoms with van der Waals surface area (Å²) in [4.78, 5) is 82.2. The average Bonchev–Trinajstić information content (AvgIpc) is 3.46. The van der Waals surface area contributed by atoms with Crippen molar-refractivity contribution in [1.29, 1.82) is 0 Å². The molecule has 0 aliphatic heterocycles. The maximum Gasteiger partial charge on any atom is 0.419 e. The van der Waals surface area contributed by atoms with E-state index in [-0.39, 0.29) is 74.8 Å². The van der Waals surface area contributed by atoms with E-state index in [1.807, 2.05) is 44.2 Å². The largest absolute Gasteiger partial charge is 0.479 e. The smallest absolute Gasteiger partial charge is 0.419 e. The van der Waals surface area contributed by atoms with E-state index >= 15 is 4.39 Å². The first-order valence-corrected chi connectivity index (χ1v) is 25.2. The maximum absolute atomic E-state index is 15.8. The van der Waals surface area contributed by atoms with Gasteiger partial charge >= 0.3 is 12.1 Å². The number of aryl methyl sites for hydroxylation is 1. The molecule has 5 aromatic rings. The van der Waals surface area contributed by atoms with E-state index in [2.05, 4.69) is 49.6 Å². The second-order valence-electron chi connectivity index (χ2n) is 18.2. The second-order valence-corrected chi connectivity index (χ2v) is 18.2. The third-order valence-electron chi connectivity index (χ3n) is 12.1. The van der Waals surface area contributed by atoms with E-state index in [0.29, 0.717) is 59.8 Å². The molecule has 5 rings (SSSR count). The second kappa shape index (κ2) is 30.0. The zero-order valence-corrected chi connectivity index (χ0v) is 44.4. The summed E-state index contributed by atoms with van der Waals surface area (Å²) in [5.74, 6) is -3.57. The summed E-state index contributed by atoms with van der Waals surface area (Å²) < 4.78 is 47.0. The summed E-state index contributed by atoms with van der Waals surface area (Å²) in [6.07, 6.45) is 9.14. The third kappa shape index (κ3) is 17.3. The van der Waals surface area contributed by atoms with Crippen LogP contribution in [0.15, 0.2) is 122 Å². The van der Waals surface area contributed by atoms with Crippen molar-refractivity contribution in [3.05, 3.63) is 156 Å². The molecule has 0 saturated carbocycles. The van der Waals surface area contributed by atoms with E-state index in [1.54, 1.807) is 68.8 Å². The topological polar surface area (TPSA) is 249 Å². The highest BCUT2D eigenvalue weighted by Crippen LogP contribution is 2.39.